The van der Waals surface area contributed by atoms with Crippen LogP contribution < -0.4 is 9.46 Å². The highest BCUT2D eigenvalue weighted by molar-refractivity contribution is 7.92. The van der Waals surface area contributed by atoms with E-state index in [1.165, 1.54) is 0 Å². The van der Waals surface area contributed by atoms with Crippen LogP contribution in [0.4, 0.5) is 5.69 Å². The summed E-state index contributed by atoms with van der Waals surface area (Å²) in [6.45, 7) is 7.03. The Morgan fingerprint density at radius 1 is 1.08 bits per heavy atom. The second-order valence-electron chi connectivity index (χ2n) is 7.38. The smallest absolute Gasteiger partial charge is 0.233 e. The number of para-hydroxylation sites is 1. The van der Waals surface area contributed by atoms with Crippen molar-refractivity contribution in [3.63, 3.8) is 0 Å². The lowest BCUT2D eigenvalue weighted by Crippen LogP contribution is -2.24. The number of rotatable bonds is 3. The summed E-state index contributed by atoms with van der Waals surface area (Å²) < 4.78 is 32.3. The van der Waals surface area contributed by atoms with Crippen LogP contribution in [0, 0.1) is 5.41 Å². The van der Waals surface area contributed by atoms with Crippen molar-refractivity contribution in [3.05, 3.63) is 48.0 Å². The third-order valence-electron chi connectivity index (χ3n) is 3.89. The molecule has 0 bridgehead atoms. The van der Waals surface area contributed by atoms with Gasteiger partial charge in [0, 0.05) is 5.56 Å². The summed E-state index contributed by atoms with van der Waals surface area (Å²) in [6.07, 6.45) is 0.547. The zero-order valence-electron chi connectivity index (χ0n) is 14.3. The summed E-state index contributed by atoms with van der Waals surface area (Å²) in [5.41, 5.74) is 3.72. The Morgan fingerprint density at radius 2 is 1.79 bits per heavy atom. The van der Waals surface area contributed by atoms with Gasteiger partial charge < -0.3 is 4.74 Å². The molecule has 1 aliphatic heterocycles. The Bertz CT molecular complexity index is 834. The molecule has 0 aliphatic carbocycles. The Morgan fingerprint density at radius 3 is 2.46 bits per heavy atom. The van der Waals surface area contributed by atoms with E-state index in [-0.39, 0.29) is 11.2 Å². The monoisotopic (exact) mass is 345 g/mol. The van der Waals surface area contributed by atoms with Crippen LogP contribution in [0.25, 0.3) is 11.1 Å². The molecule has 3 rings (SSSR count). The van der Waals surface area contributed by atoms with E-state index in [9.17, 15) is 8.42 Å². The maximum atomic E-state index is 11.9. The molecule has 4 nitrogen and oxygen atoms in total. The fourth-order valence-corrected chi connectivity index (χ4v) is 3.79. The molecule has 5 heteroatoms. The second-order valence-corrected chi connectivity index (χ2v) is 9.23. The van der Waals surface area contributed by atoms with Crippen LogP contribution in [-0.4, -0.2) is 20.8 Å². The van der Waals surface area contributed by atoms with Crippen molar-refractivity contribution in [1.82, 2.24) is 0 Å². The topological polar surface area (TPSA) is 55.4 Å². The first-order valence-corrected chi connectivity index (χ1v) is 9.74. The number of benzene rings is 2. The van der Waals surface area contributed by atoms with Gasteiger partial charge in [0.25, 0.3) is 0 Å². The third-order valence-corrected chi connectivity index (χ3v) is 5.14. The van der Waals surface area contributed by atoms with Crippen molar-refractivity contribution in [1.29, 1.82) is 0 Å². The lowest BCUT2D eigenvalue weighted by atomic mass is 9.98. The molecule has 128 valence electrons. The third kappa shape index (κ3) is 3.90. The summed E-state index contributed by atoms with van der Waals surface area (Å²) in [6, 6.07) is 13.7. The molecule has 0 saturated heterocycles. The van der Waals surface area contributed by atoms with Crippen molar-refractivity contribution in [3.8, 4) is 16.9 Å². The molecule has 0 unspecified atom stereocenters. The highest BCUT2D eigenvalue weighted by Crippen LogP contribution is 2.35. The zero-order chi connectivity index (χ0) is 17.4. The molecule has 1 aliphatic rings. The number of hydrogen-bond acceptors (Lipinski definition) is 3. The second kappa shape index (κ2) is 6.13. The number of aryl methyl sites for hydroxylation is 1. The van der Waals surface area contributed by atoms with Crippen LogP contribution in [0.1, 0.15) is 26.3 Å². The molecule has 0 saturated carbocycles. The van der Waals surface area contributed by atoms with Crippen LogP contribution in [0.2, 0.25) is 0 Å². The van der Waals surface area contributed by atoms with E-state index in [1.54, 1.807) is 0 Å². The largest absolute Gasteiger partial charge is 0.493 e. The van der Waals surface area contributed by atoms with Gasteiger partial charge in [0.1, 0.15) is 5.75 Å². The number of hydrogen-bond donors (Lipinski definition) is 1. The molecule has 0 spiro atoms. The zero-order valence-corrected chi connectivity index (χ0v) is 15.1. The van der Waals surface area contributed by atoms with Gasteiger partial charge in [0.05, 0.1) is 18.0 Å². The van der Waals surface area contributed by atoms with Gasteiger partial charge in [0.15, 0.2) is 0 Å². The molecule has 0 aromatic heterocycles. The highest BCUT2D eigenvalue weighted by atomic mass is 32.2. The maximum absolute atomic E-state index is 11.9. The number of ether oxygens (including phenoxy) is 1. The molecule has 0 radical (unpaired) electrons. The minimum absolute atomic E-state index is 0.107. The molecule has 1 N–H and O–H groups in total. The minimum Gasteiger partial charge on any atom is -0.493 e. The van der Waals surface area contributed by atoms with Gasteiger partial charge >= 0.3 is 0 Å². The molecular formula is C19H23NO3S. The Balaban J connectivity index is 1.88. The summed E-state index contributed by atoms with van der Waals surface area (Å²) in [4.78, 5) is 0. The first-order valence-electron chi connectivity index (χ1n) is 8.09. The normalized spacial score (nSPS) is 16.1. The summed E-state index contributed by atoms with van der Waals surface area (Å²) in [5, 5.41) is 0. The van der Waals surface area contributed by atoms with Crippen molar-refractivity contribution in [2.75, 3.05) is 17.1 Å². The van der Waals surface area contributed by atoms with E-state index >= 15 is 0 Å². The van der Waals surface area contributed by atoms with Crippen LogP contribution in [0.3, 0.4) is 0 Å². The first kappa shape index (κ1) is 16.8. The number of nitrogens with one attached hydrogen (secondary N) is 1. The average Bonchev–Trinajstić information content (AvgIpc) is 2.51. The molecule has 2 aromatic rings. The Hall–Kier alpha value is -2.01. The van der Waals surface area contributed by atoms with Crippen molar-refractivity contribution >= 4 is 15.7 Å². The van der Waals surface area contributed by atoms with Crippen LogP contribution in [-0.2, 0) is 16.4 Å². The fraction of sp³-hybridized carbons (Fsp3) is 0.368. The van der Waals surface area contributed by atoms with E-state index in [0.29, 0.717) is 18.7 Å². The number of fused-ring (bicyclic) bond motifs is 1. The Labute approximate surface area is 143 Å². The van der Waals surface area contributed by atoms with Gasteiger partial charge in [-0.2, -0.15) is 0 Å². The van der Waals surface area contributed by atoms with Gasteiger partial charge in [0.2, 0.25) is 10.0 Å². The van der Waals surface area contributed by atoms with Crippen LogP contribution in [0.15, 0.2) is 42.5 Å². The number of anilines is 1. The lowest BCUT2D eigenvalue weighted by molar-refractivity contribution is 0.198. The van der Waals surface area contributed by atoms with E-state index in [1.807, 2.05) is 42.5 Å². The predicted octanol–water partition coefficient (Wildman–Crippen LogP) is 4.08. The quantitative estimate of drug-likeness (QED) is 0.912. The molecule has 1 heterocycles. The summed E-state index contributed by atoms with van der Waals surface area (Å²) >= 11 is 0. The van der Waals surface area contributed by atoms with Crippen molar-refractivity contribution < 1.29 is 13.2 Å². The van der Waals surface area contributed by atoms with Crippen LogP contribution >= 0.6 is 0 Å². The molecule has 0 atom stereocenters. The predicted molar refractivity (Wildman–Crippen MR) is 97.9 cm³/mol. The Kier molecular flexibility index (Phi) is 4.30. The van der Waals surface area contributed by atoms with E-state index in [4.69, 9.17) is 4.74 Å². The van der Waals surface area contributed by atoms with Crippen LogP contribution in [0.5, 0.6) is 5.75 Å². The standard InChI is InChI=1S/C19H23NO3S/c1-19(2,3)13-23-16-9-7-14(8-10-16)17-6-4-5-15-11-12-24(21,22)20-18(15)17/h4-10,20H,11-13H2,1-3H3. The fourth-order valence-electron chi connectivity index (χ4n) is 2.65. The molecule has 0 fully saturated rings. The summed E-state index contributed by atoms with van der Waals surface area (Å²) in [7, 11) is -3.23. The van der Waals surface area contributed by atoms with E-state index in [2.05, 4.69) is 25.5 Å². The minimum atomic E-state index is -3.23. The van der Waals surface area contributed by atoms with E-state index < -0.39 is 10.0 Å². The molecule has 2 aromatic carbocycles. The number of sulfonamides is 1. The molecular weight excluding hydrogens is 322 g/mol. The molecule has 24 heavy (non-hydrogen) atoms. The lowest BCUT2D eigenvalue weighted by Gasteiger charge is -2.22. The van der Waals surface area contributed by atoms with Crippen molar-refractivity contribution in [2.24, 2.45) is 5.41 Å². The molecule has 0 amide bonds. The first-order chi connectivity index (χ1) is 11.2. The van der Waals surface area contributed by atoms with Gasteiger partial charge in [-0.25, -0.2) is 8.42 Å². The van der Waals surface area contributed by atoms with Gasteiger partial charge in [-0.3, -0.25) is 4.72 Å². The summed E-state index contributed by atoms with van der Waals surface area (Å²) in [5.74, 6) is 0.960. The van der Waals surface area contributed by atoms with Gasteiger partial charge in [-0.1, -0.05) is 51.1 Å². The SMILES string of the molecule is CC(C)(C)COc1ccc(-c2cccc3c2NS(=O)(=O)CC3)cc1. The maximum Gasteiger partial charge on any atom is 0.233 e. The highest BCUT2D eigenvalue weighted by Gasteiger charge is 2.22. The van der Waals surface area contributed by atoms with E-state index in [0.717, 1.165) is 22.4 Å². The average molecular weight is 345 g/mol. The van der Waals surface area contributed by atoms with Gasteiger partial charge in [-0.15, -0.1) is 0 Å². The van der Waals surface area contributed by atoms with Gasteiger partial charge in [-0.05, 0) is 35.1 Å². The van der Waals surface area contributed by atoms with Crippen molar-refractivity contribution in [2.45, 2.75) is 27.2 Å².